The van der Waals surface area contributed by atoms with E-state index in [1.165, 1.54) is 24.3 Å². The maximum atomic E-state index is 13.2. The van der Waals surface area contributed by atoms with Crippen molar-refractivity contribution in [3.63, 3.8) is 0 Å². The first kappa shape index (κ1) is 15.1. The van der Waals surface area contributed by atoms with Crippen molar-refractivity contribution in [1.29, 1.82) is 0 Å². The largest absolute Gasteiger partial charge is 0.387 e. The number of halogens is 2. The summed E-state index contributed by atoms with van der Waals surface area (Å²) in [4.78, 5) is 0. The molecule has 2 nitrogen and oxygen atoms in total. The Bertz CT molecular complexity index is 619. The SMILES string of the molecule is OC(c1ccc(F)cc1)C1(c2ccc(F)cc2)CCNCC1. The normalized spacial score (nSPS) is 18.9. The lowest BCUT2D eigenvalue weighted by molar-refractivity contribution is 0.0572. The lowest BCUT2D eigenvalue weighted by Crippen LogP contribution is -2.44. The summed E-state index contributed by atoms with van der Waals surface area (Å²) in [7, 11) is 0. The third-order valence-electron chi connectivity index (χ3n) is 4.62. The monoisotopic (exact) mass is 303 g/mol. The lowest BCUT2D eigenvalue weighted by atomic mass is 9.67. The zero-order chi connectivity index (χ0) is 15.6. The summed E-state index contributed by atoms with van der Waals surface area (Å²) >= 11 is 0. The minimum atomic E-state index is -0.749. The molecule has 0 saturated carbocycles. The van der Waals surface area contributed by atoms with E-state index in [0.29, 0.717) is 5.56 Å². The van der Waals surface area contributed by atoms with E-state index in [-0.39, 0.29) is 11.6 Å². The van der Waals surface area contributed by atoms with Gasteiger partial charge in [0, 0.05) is 5.41 Å². The number of aliphatic hydroxyl groups excluding tert-OH is 1. The molecule has 3 rings (SSSR count). The van der Waals surface area contributed by atoms with Crippen LogP contribution in [0.4, 0.5) is 8.78 Å². The predicted octanol–water partition coefficient (Wildman–Crippen LogP) is 3.32. The van der Waals surface area contributed by atoms with Crippen LogP contribution in [-0.4, -0.2) is 18.2 Å². The highest BCUT2D eigenvalue weighted by atomic mass is 19.1. The van der Waals surface area contributed by atoms with E-state index >= 15 is 0 Å². The molecule has 116 valence electrons. The van der Waals surface area contributed by atoms with Gasteiger partial charge in [-0.25, -0.2) is 8.78 Å². The molecule has 1 aliphatic rings. The van der Waals surface area contributed by atoms with Gasteiger partial charge in [0.2, 0.25) is 0 Å². The zero-order valence-electron chi connectivity index (χ0n) is 12.2. The summed E-state index contributed by atoms with van der Waals surface area (Å²) in [5.41, 5.74) is 1.14. The van der Waals surface area contributed by atoms with E-state index in [1.807, 2.05) is 0 Å². The van der Waals surface area contributed by atoms with Crippen LogP contribution in [0, 0.1) is 11.6 Å². The second-order valence-corrected chi connectivity index (χ2v) is 5.87. The van der Waals surface area contributed by atoms with Crippen LogP contribution in [0.15, 0.2) is 48.5 Å². The molecule has 1 unspecified atom stereocenters. The maximum Gasteiger partial charge on any atom is 0.123 e. The predicted molar refractivity (Wildman–Crippen MR) is 81.5 cm³/mol. The minimum absolute atomic E-state index is 0.288. The Morgan fingerprint density at radius 3 is 1.91 bits per heavy atom. The fraction of sp³-hybridized carbons (Fsp3) is 0.333. The van der Waals surface area contributed by atoms with E-state index in [1.54, 1.807) is 24.3 Å². The topological polar surface area (TPSA) is 32.3 Å². The van der Waals surface area contributed by atoms with Gasteiger partial charge in [-0.05, 0) is 61.3 Å². The van der Waals surface area contributed by atoms with Gasteiger partial charge in [0.15, 0.2) is 0 Å². The molecule has 2 aromatic rings. The summed E-state index contributed by atoms with van der Waals surface area (Å²) in [6, 6.07) is 12.3. The molecule has 0 radical (unpaired) electrons. The van der Waals surface area contributed by atoms with Gasteiger partial charge in [0.25, 0.3) is 0 Å². The quantitative estimate of drug-likeness (QED) is 0.911. The molecule has 1 fully saturated rings. The first-order valence-electron chi connectivity index (χ1n) is 7.52. The van der Waals surface area contributed by atoms with Crippen molar-refractivity contribution in [3.8, 4) is 0 Å². The van der Waals surface area contributed by atoms with E-state index in [4.69, 9.17) is 0 Å². The van der Waals surface area contributed by atoms with Crippen molar-refractivity contribution in [3.05, 3.63) is 71.3 Å². The molecule has 0 spiro atoms. The van der Waals surface area contributed by atoms with Gasteiger partial charge in [0.1, 0.15) is 11.6 Å². The third-order valence-corrected chi connectivity index (χ3v) is 4.62. The summed E-state index contributed by atoms with van der Waals surface area (Å²) < 4.78 is 26.4. The fourth-order valence-electron chi connectivity index (χ4n) is 3.34. The van der Waals surface area contributed by atoms with E-state index < -0.39 is 11.5 Å². The number of rotatable bonds is 3. The van der Waals surface area contributed by atoms with Crippen molar-refractivity contribution in [2.75, 3.05) is 13.1 Å². The third kappa shape index (κ3) is 2.76. The molecule has 2 aromatic carbocycles. The average Bonchev–Trinajstić information content (AvgIpc) is 2.56. The first-order valence-corrected chi connectivity index (χ1v) is 7.52. The Balaban J connectivity index is 2.01. The van der Waals surface area contributed by atoms with E-state index in [9.17, 15) is 13.9 Å². The second-order valence-electron chi connectivity index (χ2n) is 5.87. The van der Waals surface area contributed by atoms with Crippen LogP contribution in [0.5, 0.6) is 0 Å². The number of benzene rings is 2. The van der Waals surface area contributed by atoms with E-state index in [2.05, 4.69) is 5.32 Å². The molecule has 0 amide bonds. The summed E-state index contributed by atoms with van der Waals surface area (Å²) in [5, 5.41) is 14.3. The molecule has 1 atom stereocenters. The van der Waals surface area contributed by atoms with Crippen molar-refractivity contribution < 1.29 is 13.9 Å². The number of piperidine rings is 1. The minimum Gasteiger partial charge on any atom is -0.387 e. The Labute approximate surface area is 128 Å². The highest BCUT2D eigenvalue weighted by Gasteiger charge is 2.41. The van der Waals surface area contributed by atoms with Gasteiger partial charge in [0.05, 0.1) is 6.10 Å². The summed E-state index contributed by atoms with van der Waals surface area (Å²) in [5.74, 6) is -0.610. The lowest BCUT2D eigenvalue weighted by Gasteiger charge is -2.42. The summed E-state index contributed by atoms with van der Waals surface area (Å²) in [6.45, 7) is 1.57. The Morgan fingerprint density at radius 1 is 0.864 bits per heavy atom. The molecule has 0 bridgehead atoms. The molecule has 2 N–H and O–H groups in total. The second kappa shape index (κ2) is 6.15. The molecule has 0 aliphatic carbocycles. The van der Waals surface area contributed by atoms with Crippen molar-refractivity contribution in [2.24, 2.45) is 0 Å². The number of aliphatic hydroxyl groups is 1. The molecule has 1 aliphatic heterocycles. The fourth-order valence-corrected chi connectivity index (χ4v) is 3.34. The number of nitrogens with one attached hydrogen (secondary N) is 1. The van der Waals surface area contributed by atoms with Crippen LogP contribution in [0.1, 0.15) is 30.1 Å². The Morgan fingerprint density at radius 2 is 1.36 bits per heavy atom. The van der Waals surface area contributed by atoms with Gasteiger partial charge >= 0.3 is 0 Å². The smallest absolute Gasteiger partial charge is 0.123 e. The standard InChI is InChI=1S/C18H19F2NO/c19-15-5-1-13(2-6-15)17(22)18(9-11-21-12-10-18)14-3-7-16(20)8-4-14/h1-8,17,21-22H,9-12H2. The van der Waals surface area contributed by atoms with Crippen molar-refractivity contribution in [1.82, 2.24) is 5.32 Å². The van der Waals surface area contributed by atoms with Crippen LogP contribution in [-0.2, 0) is 5.41 Å². The molecule has 4 heteroatoms. The molecule has 22 heavy (non-hydrogen) atoms. The van der Waals surface area contributed by atoms with Gasteiger partial charge in [-0.15, -0.1) is 0 Å². The highest BCUT2D eigenvalue weighted by molar-refractivity contribution is 5.33. The maximum absolute atomic E-state index is 13.2. The molecular weight excluding hydrogens is 284 g/mol. The highest BCUT2D eigenvalue weighted by Crippen LogP contribution is 2.44. The zero-order valence-corrected chi connectivity index (χ0v) is 12.2. The number of hydrogen-bond acceptors (Lipinski definition) is 2. The van der Waals surface area contributed by atoms with E-state index in [0.717, 1.165) is 31.5 Å². The molecule has 1 saturated heterocycles. The summed E-state index contributed by atoms with van der Waals surface area (Å²) in [6.07, 6.45) is 0.745. The molecule has 1 heterocycles. The number of hydrogen-bond donors (Lipinski definition) is 2. The van der Waals surface area contributed by atoms with Gasteiger partial charge in [-0.2, -0.15) is 0 Å². The van der Waals surface area contributed by atoms with Gasteiger partial charge in [-0.3, -0.25) is 0 Å². The first-order chi connectivity index (χ1) is 10.6. The Hall–Kier alpha value is -1.78. The van der Waals surface area contributed by atoms with Crippen LogP contribution >= 0.6 is 0 Å². The molecular formula is C18H19F2NO. The van der Waals surface area contributed by atoms with Crippen LogP contribution in [0.2, 0.25) is 0 Å². The van der Waals surface area contributed by atoms with Crippen LogP contribution in [0.25, 0.3) is 0 Å². The van der Waals surface area contributed by atoms with Gasteiger partial charge < -0.3 is 10.4 Å². The van der Waals surface area contributed by atoms with Gasteiger partial charge in [-0.1, -0.05) is 24.3 Å². The van der Waals surface area contributed by atoms with Crippen LogP contribution in [0.3, 0.4) is 0 Å². The Kier molecular flexibility index (Phi) is 4.23. The van der Waals surface area contributed by atoms with Crippen LogP contribution < -0.4 is 5.32 Å². The van der Waals surface area contributed by atoms with Crippen molar-refractivity contribution >= 4 is 0 Å². The average molecular weight is 303 g/mol. The van der Waals surface area contributed by atoms with Crippen molar-refractivity contribution in [2.45, 2.75) is 24.4 Å². The molecule has 0 aromatic heterocycles.